The number of aromatic nitrogens is 6. The number of amides is 1. The molecule has 0 saturated heterocycles. The van der Waals surface area contributed by atoms with Gasteiger partial charge in [-0.1, -0.05) is 0 Å². The Morgan fingerprint density at radius 2 is 2.15 bits per heavy atom. The highest BCUT2D eigenvalue weighted by Crippen LogP contribution is 2.19. The van der Waals surface area contributed by atoms with Crippen LogP contribution in [0.25, 0.3) is 5.65 Å². The van der Waals surface area contributed by atoms with Gasteiger partial charge < -0.3 is 5.32 Å². The molecule has 9 nitrogen and oxygen atoms in total. The number of halogens is 3. The summed E-state index contributed by atoms with van der Waals surface area (Å²) in [6.07, 6.45) is 0.449. The van der Waals surface area contributed by atoms with E-state index in [0.717, 1.165) is 11.0 Å². The Labute approximate surface area is 155 Å². The second-order valence-corrected chi connectivity index (χ2v) is 5.67. The number of imidazole rings is 1. The summed E-state index contributed by atoms with van der Waals surface area (Å²) in [5.74, 6) is -0.568. The number of nitrogens with one attached hydrogen (secondary N) is 1. The third kappa shape index (κ3) is 5.03. The van der Waals surface area contributed by atoms with Crippen molar-refractivity contribution >= 4 is 30.6 Å². The fourth-order valence-corrected chi connectivity index (χ4v) is 2.29. The molecule has 0 aromatic carbocycles. The van der Waals surface area contributed by atoms with Gasteiger partial charge in [0.25, 0.3) is 5.91 Å². The van der Waals surface area contributed by atoms with Crippen LogP contribution in [-0.2, 0) is 13.1 Å². The molecule has 0 unspecified atom stereocenters. The third-order valence-corrected chi connectivity index (χ3v) is 3.51. The van der Waals surface area contributed by atoms with Crippen molar-refractivity contribution in [2.45, 2.75) is 25.7 Å². The standard InChI is InChI=1S/C14H13F3N8OS/c15-14(16,17)1-2-25-20-7-11(23-25)13(26)18-6-10-8-24-12(22-10)3-9(4-19-24)5-21-27/h3-5,7-8,27H,1-2,6H2,(H,18,26). The Hall–Kier alpha value is -2.96. The molecule has 3 aromatic heterocycles. The van der Waals surface area contributed by atoms with E-state index in [2.05, 4.69) is 42.8 Å². The number of aryl methyl sites for hydroxylation is 1. The van der Waals surface area contributed by atoms with Gasteiger partial charge in [-0.2, -0.15) is 28.2 Å². The number of hydrogen-bond donors (Lipinski definition) is 2. The molecule has 3 aromatic rings. The molecule has 3 heterocycles. The predicted octanol–water partition coefficient (Wildman–Crippen LogP) is 1.47. The fraction of sp³-hybridized carbons (Fsp3) is 0.286. The highest BCUT2D eigenvalue weighted by Gasteiger charge is 2.27. The summed E-state index contributed by atoms with van der Waals surface area (Å²) in [6.45, 7) is -0.361. The molecule has 0 aliphatic carbocycles. The topological polar surface area (TPSA) is 102 Å². The van der Waals surface area contributed by atoms with Gasteiger partial charge in [0.15, 0.2) is 11.3 Å². The predicted molar refractivity (Wildman–Crippen MR) is 91.4 cm³/mol. The van der Waals surface area contributed by atoms with Crippen molar-refractivity contribution < 1.29 is 18.0 Å². The van der Waals surface area contributed by atoms with E-state index in [1.165, 1.54) is 10.7 Å². The Kier molecular flexibility index (Phi) is 5.39. The van der Waals surface area contributed by atoms with E-state index < -0.39 is 25.0 Å². The highest BCUT2D eigenvalue weighted by atomic mass is 32.1. The van der Waals surface area contributed by atoms with Crippen LogP contribution in [0.15, 0.2) is 29.1 Å². The summed E-state index contributed by atoms with van der Waals surface area (Å²) < 4.78 is 41.7. The van der Waals surface area contributed by atoms with Crippen LogP contribution in [0.2, 0.25) is 0 Å². The van der Waals surface area contributed by atoms with Crippen LogP contribution in [0, 0.1) is 0 Å². The first-order valence-corrected chi connectivity index (χ1v) is 8.01. The Balaban J connectivity index is 1.60. The van der Waals surface area contributed by atoms with E-state index in [-0.39, 0.29) is 12.2 Å². The van der Waals surface area contributed by atoms with Crippen molar-refractivity contribution in [1.29, 1.82) is 0 Å². The number of nitrogens with zero attached hydrogens (tertiary/aromatic N) is 7. The molecule has 0 bridgehead atoms. The number of carbonyl (C=O) groups is 1. The molecule has 1 amide bonds. The molecule has 3 rings (SSSR count). The molecule has 13 heteroatoms. The lowest BCUT2D eigenvalue weighted by Crippen LogP contribution is -2.23. The molecule has 0 fully saturated rings. The monoisotopic (exact) mass is 398 g/mol. The molecular formula is C14H13F3N8OS. The lowest BCUT2D eigenvalue weighted by Gasteiger charge is -2.04. The van der Waals surface area contributed by atoms with Crippen LogP contribution in [0.4, 0.5) is 13.2 Å². The van der Waals surface area contributed by atoms with Crippen LogP contribution < -0.4 is 5.32 Å². The number of carbonyl (C=O) groups excluding carboxylic acids is 1. The molecular weight excluding hydrogens is 385 g/mol. The molecule has 0 radical (unpaired) electrons. The molecule has 0 spiro atoms. The average molecular weight is 398 g/mol. The van der Waals surface area contributed by atoms with Crippen LogP contribution in [0.1, 0.15) is 28.2 Å². The van der Waals surface area contributed by atoms with Gasteiger partial charge in [0, 0.05) is 11.8 Å². The Morgan fingerprint density at radius 1 is 1.33 bits per heavy atom. The maximum absolute atomic E-state index is 12.2. The lowest BCUT2D eigenvalue weighted by atomic mass is 10.3. The first kappa shape index (κ1) is 18.8. The van der Waals surface area contributed by atoms with E-state index in [4.69, 9.17) is 0 Å². The normalized spacial score (nSPS) is 12.1. The van der Waals surface area contributed by atoms with Gasteiger partial charge in [0.2, 0.25) is 0 Å². The smallest absolute Gasteiger partial charge is 0.345 e. The van der Waals surface area contributed by atoms with Gasteiger partial charge in [0.05, 0.1) is 43.8 Å². The van der Waals surface area contributed by atoms with Crippen LogP contribution in [0.3, 0.4) is 0 Å². The summed E-state index contributed by atoms with van der Waals surface area (Å²) in [4.78, 5) is 17.2. The average Bonchev–Trinajstić information content (AvgIpc) is 3.24. The van der Waals surface area contributed by atoms with Crippen LogP contribution in [-0.4, -0.2) is 47.9 Å². The quantitative estimate of drug-likeness (QED) is 0.484. The molecule has 142 valence electrons. The van der Waals surface area contributed by atoms with Gasteiger partial charge in [-0.3, -0.25) is 4.79 Å². The number of fused-ring (bicyclic) bond motifs is 1. The summed E-state index contributed by atoms with van der Waals surface area (Å²) >= 11 is 3.75. The van der Waals surface area contributed by atoms with Crippen molar-refractivity contribution in [2.24, 2.45) is 4.40 Å². The minimum absolute atomic E-state index is 0.0775. The number of thiol groups is 1. The van der Waals surface area contributed by atoms with Crippen molar-refractivity contribution in [3.8, 4) is 0 Å². The number of alkyl halides is 3. The van der Waals surface area contributed by atoms with Crippen LogP contribution >= 0.6 is 12.8 Å². The van der Waals surface area contributed by atoms with Crippen molar-refractivity contribution in [3.63, 3.8) is 0 Å². The zero-order valence-corrected chi connectivity index (χ0v) is 14.5. The zero-order chi connectivity index (χ0) is 19.4. The van der Waals surface area contributed by atoms with Gasteiger partial charge in [-0.25, -0.2) is 13.9 Å². The molecule has 0 aliphatic heterocycles. The number of rotatable bonds is 6. The lowest BCUT2D eigenvalue weighted by molar-refractivity contribution is -0.137. The molecule has 0 aliphatic rings. The second kappa shape index (κ2) is 7.73. The van der Waals surface area contributed by atoms with Crippen molar-refractivity contribution in [1.82, 2.24) is 34.9 Å². The fourth-order valence-electron chi connectivity index (χ4n) is 2.16. The SMILES string of the molecule is O=C(NCc1cn2ncc(C=NS)cc2n1)c1cnn(CCC(F)(F)F)n1. The molecule has 1 N–H and O–H groups in total. The summed E-state index contributed by atoms with van der Waals surface area (Å²) in [7, 11) is 0. The van der Waals surface area contributed by atoms with E-state index in [1.807, 2.05) is 0 Å². The van der Waals surface area contributed by atoms with Gasteiger partial charge in [0.1, 0.15) is 0 Å². The Bertz CT molecular complexity index is 980. The molecule has 0 atom stereocenters. The first-order chi connectivity index (χ1) is 12.8. The summed E-state index contributed by atoms with van der Waals surface area (Å²) in [6, 6.07) is 1.74. The largest absolute Gasteiger partial charge is 0.390 e. The second-order valence-electron chi connectivity index (χ2n) is 5.44. The summed E-state index contributed by atoms with van der Waals surface area (Å²) in [5.41, 5.74) is 1.74. The zero-order valence-electron chi connectivity index (χ0n) is 13.6. The van der Waals surface area contributed by atoms with E-state index in [1.54, 1.807) is 18.5 Å². The molecule has 27 heavy (non-hydrogen) atoms. The first-order valence-electron chi connectivity index (χ1n) is 7.61. The van der Waals surface area contributed by atoms with Crippen LogP contribution in [0.5, 0.6) is 0 Å². The highest BCUT2D eigenvalue weighted by molar-refractivity contribution is 7.79. The van der Waals surface area contributed by atoms with Crippen molar-refractivity contribution in [2.75, 3.05) is 0 Å². The van der Waals surface area contributed by atoms with E-state index in [9.17, 15) is 18.0 Å². The van der Waals surface area contributed by atoms with Gasteiger partial charge >= 0.3 is 6.18 Å². The maximum Gasteiger partial charge on any atom is 0.390 e. The van der Waals surface area contributed by atoms with Gasteiger partial charge in [-0.05, 0) is 18.9 Å². The minimum atomic E-state index is -4.31. The van der Waals surface area contributed by atoms with Gasteiger partial charge in [-0.15, -0.1) is 5.10 Å². The van der Waals surface area contributed by atoms with E-state index in [0.29, 0.717) is 16.9 Å². The Morgan fingerprint density at radius 3 is 2.89 bits per heavy atom. The number of hydrogen-bond acceptors (Lipinski definition) is 7. The summed E-state index contributed by atoms with van der Waals surface area (Å²) in [5, 5.41) is 14.1. The van der Waals surface area contributed by atoms with E-state index >= 15 is 0 Å². The van der Waals surface area contributed by atoms with Crippen molar-refractivity contribution in [3.05, 3.63) is 41.6 Å². The molecule has 0 saturated carbocycles. The maximum atomic E-state index is 12.2. The minimum Gasteiger partial charge on any atom is -0.345 e. The third-order valence-electron chi connectivity index (χ3n) is 3.39.